The van der Waals surface area contributed by atoms with Gasteiger partial charge in [0, 0.05) is 21.6 Å². The molecule has 0 atom stereocenters. The van der Waals surface area contributed by atoms with E-state index in [-0.39, 0.29) is 11.6 Å². The van der Waals surface area contributed by atoms with Crippen molar-refractivity contribution in [2.75, 3.05) is 10.7 Å². The monoisotopic (exact) mass is 428 g/mol. The van der Waals surface area contributed by atoms with Crippen LogP contribution in [0.3, 0.4) is 0 Å². The molecule has 21 heavy (non-hydrogen) atoms. The highest BCUT2D eigenvalue weighted by Crippen LogP contribution is 2.43. The van der Waals surface area contributed by atoms with Crippen LogP contribution in [0.15, 0.2) is 24.3 Å². The zero-order chi connectivity index (χ0) is 15.0. The molecule has 1 aromatic heterocycles. The van der Waals surface area contributed by atoms with Gasteiger partial charge in [-0.3, -0.25) is 9.59 Å². The van der Waals surface area contributed by atoms with Crippen LogP contribution >= 0.6 is 43.2 Å². The number of Topliss-reactive ketones (excluding diaryl/α,β-unsaturated/α-hetero) is 2. The molecule has 1 aliphatic rings. The van der Waals surface area contributed by atoms with Crippen molar-refractivity contribution in [2.24, 2.45) is 0 Å². The summed E-state index contributed by atoms with van der Waals surface area (Å²) in [7, 11) is 0. The Morgan fingerprint density at radius 2 is 1.90 bits per heavy atom. The first-order valence-corrected chi connectivity index (χ1v) is 9.28. The van der Waals surface area contributed by atoms with E-state index in [1.807, 2.05) is 12.1 Å². The van der Waals surface area contributed by atoms with Gasteiger partial charge in [-0.2, -0.15) is 0 Å². The van der Waals surface area contributed by atoms with E-state index in [4.69, 9.17) is 4.74 Å². The van der Waals surface area contributed by atoms with Crippen molar-refractivity contribution < 1.29 is 14.3 Å². The van der Waals surface area contributed by atoms with Gasteiger partial charge in [-0.1, -0.05) is 37.9 Å². The highest BCUT2D eigenvalue weighted by molar-refractivity contribution is 9.09. The number of ketones is 2. The maximum absolute atomic E-state index is 11.8. The van der Waals surface area contributed by atoms with Crippen molar-refractivity contribution in [3.8, 4) is 16.2 Å². The number of hydrogen-bond acceptors (Lipinski definition) is 4. The van der Waals surface area contributed by atoms with E-state index in [2.05, 4.69) is 31.9 Å². The Balaban J connectivity index is 2.05. The Bertz CT molecular complexity index is 737. The number of benzene rings is 1. The second kappa shape index (κ2) is 6.02. The van der Waals surface area contributed by atoms with Crippen LogP contribution in [-0.4, -0.2) is 22.2 Å². The van der Waals surface area contributed by atoms with Gasteiger partial charge < -0.3 is 4.74 Å². The topological polar surface area (TPSA) is 43.4 Å². The summed E-state index contributed by atoms with van der Waals surface area (Å²) in [5.41, 5.74) is 2.60. The second-order valence-electron chi connectivity index (χ2n) is 4.58. The van der Waals surface area contributed by atoms with Gasteiger partial charge in [-0.15, -0.1) is 11.3 Å². The minimum absolute atomic E-state index is 0.0218. The normalized spacial score (nSPS) is 12.3. The molecule has 1 aliphatic heterocycles. The lowest BCUT2D eigenvalue weighted by Gasteiger charge is -2.18. The number of carbonyl (C=O) groups excluding carboxylic acids is 2. The molecule has 0 unspecified atom stereocenters. The zero-order valence-corrected chi connectivity index (χ0v) is 14.8. The predicted octanol–water partition coefficient (Wildman–Crippen LogP) is 4.46. The van der Waals surface area contributed by atoms with Gasteiger partial charge in [0.15, 0.2) is 11.6 Å². The van der Waals surface area contributed by atoms with Gasteiger partial charge in [0.05, 0.1) is 15.5 Å². The highest BCUT2D eigenvalue weighted by Gasteiger charge is 2.23. The molecule has 0 saturated carbocycles. The lowest BCUT2D eigenvalue weighted by Crippen LogP contribution is -2.06. The first-order valence-electron chi connectivity index (χ1n) is 6.22. The molecule has 0 fully saturated rings. The first kappa shape index (κ1) is 14.9. The summed E-state index contributed by atoms with van der Waals surface area (Å²) in [6.45, 7) is 0.431. The summed E-state index contributed by atoms with van der Waals surface area (Å²) in [6, 6.07) is 7.35. The minimum Gasteiger partial charge on any atom is -0.488 e. The van der Waals surface area contributed by atoms with Crippen LogP contribution in [0, 0.1) is 0 Å². The Kier molecular flexibility index (Phi) is 4.28. The lowest BCUT2D eigenvalue weighted by atomic mass is 10.0. The van der Waals surface area contributed by atoms with Crippen LogP contribution in [0.1, 0.15) is 25.6 Å². The molecule has 2 heterocycles. The number of alkyl halides is 2. The average molecular weight is 430 g/mol. The number of hydrogen-bond donors (Lipinski definition) is 0. The molecule has 0 radical (unpaired) electrons. The van der Waals surface area contributed by atoms with E-state index in [9.17, 15) is 9.59 Å². The molecule has 0 saturated heterocycles. The summed E-state index contributed by atoms with van der Waals surface area (Å²) in [6.07, 6.45) is 0. The van der Waals surface area contributed by atoms with E-state index < -0.39 is 0 Å². The van der Waals surface area contributed by atoms with Crippen LogP contribution in [0.5, 0.6) is 5.75 Å². The molecule has 0 spiro atoms. The van der Waals surface area contributed by atoms with E-state index in [1.165, 1.54) is 11.3 Å². The smallest absolute Gasteiger partial charge is 0.183 e. The third kappa shape index (κ3) is 2.72. The zero-order valence-electron chi connectivity index (χ0n) is 10.8. The molecule has 3 rings (SSSR count). The molecule has 6 heteroatoms. The van der Waals surface area contributed by atoms with Gasteiger partial charge in [0.2, 0.25) is 0 Å². The number of ether oxygens (including phenoxy) is 1. The molecule has 0 amide bonds. The summed E-state index contributed by atoms with van der Waals surface area (Å²) < 4.78 is 5.73. The molecular formula is C15H10Br2O3S. The SMILES string of the molecule is O=C(CBr)c1ccc2c(c1)OCc1cc(C(=O)CBr)sc1-2. The molecule has 2 aromatic rings. The van der Waals surface area contributed by atoms with Crippen molar-refractivity contribution >= 4 is 54.8 Å². The van der Waals surface area contributed by atoms with Crippen LogP contribution < -0.4 is 4.74 Å². The predicted molar refractivity (Wildman–Crippen MR) is 90.3 cm³/mol. The van der Waals surface area contributed by atoms with Crippen LogP contribution in [0.4, 0.5) is 0 Å². The molecule has 0 bridgehead atoms. The standard InChI is InChI=1S/C15H10Br2O3S/c16-5-11(18)8-1-2-10-13(3-8)20-7-9-4-14(12(19)6-17)21-15(9)10/h1-4H,5-7H2. The first-order chi connectivity index (χ1) is 10.1. The lowest BCUT2D eigenvalue weighted by molar-refractivity contribution is 0.101. The summed E-state index contributed by atoms with van der Waals surface area (Å²) >= 11 is 7.84. The van der Waals surface area contributed by atoms with Gasteiger partial charge in [-0.05, 0) is 18.2 Å². The fourth-order valence-corrected chi connectivity index (χ4v) is 4.15. The van der Waals surface area contributed by atoms with Crippen molar-refractivity contribution in [3.05, 3.63) is 40.3 Å². The van der Waals surface area contributed by atoms with E-state index in [1.54, 1.807) is 12.1 Å². The van der Waals surface area contributed by atoms with E-state index >= 15 is 0 Å². The van der Waals surface area contributed by atoms with Crippen molar-refractivity contribution in [1.82, 2.24) is 0 Å². The van der Waals surface area contributed by atoms with E-state index in [0.29, 0.717) is 28.6 Å². The maximum atomic E-state index is 11.8. The third-order valence-electron chi connectivity index (χ3n) is 3.26. The number of rotatable bonds is 4. The third-order valence-corrected chi connectivity index (χ3v) is 5.53. The Hall–Kier alpha value is -0.980. The highest BCUT2D eigenvalue weighted by atomic mass is 79.9. The van der Waals surface area contributed by atoms with Crippen molar-refractivity contribution in [1.29, 1.82) is 0 Å². The Labute approximate surface area is 142 Å². The summed E-state index contributed by atoms with van der Waals surface area (Å²) in [5, 5.41) is 0.610. The molecule has 0 N–H and O–H groups in total. The van der Waals surface area contributed by atoms with Gasteiger partial charge >= 0.3 is 0 Å². The van der Waals surface area contributed by atoms with Crippen molar-refractivity contribution in [2.45, 2.75) is 6.61 Å². The van der Waals surface area contributed by atoms with Crippen molar-refractivity contribution in [3.63, 3.8) is 0 Å². The quantitative estimate of drug-likeness (QED) is 0.532. The number of thiophene rings is 1. The summed E-state index contributed by atoms with van der Waals surface area (Å²) in [5.74, 6) is 0.796. The number of carbonyl (C=O) groups is 2. The molecule has 108 valence electrons. The molecule has 1 aromatic carbocycles. The summed E-state index contributed by atoms with van der Waals surface area (Å²) in [4.78, 5) is 25.3. The Morgan fingerprint density at radius 3 is 2.62 bits per heavy atom. The molecular weight excluding hydrogens is 420 g/mol. The fraction of sp³-hybridized carbons (Fsp3) is 0.200. The van der Waals surface area contributed by atoms with Crippen LogP contribution in [0.2, 0.25) is 0 Å². The second-order valence-corrected chi connectivity index (χ2v) is 6.75. The molecule has 3 nitrogen and oxygen atoms in total. The molecule has 0 aliphatic carbocycles. The van der Waals surface area contributed by atoms with Gasteiger partial charge in [-0.25, -0.2) is 0 Å². The number of fused-ring (bicyclic) bond motifs is 3. The fourth-order valence-electron chi connectivity index (χ4n) is 2.20. The van der Waals surface area contributed by atoms with Crippen LogP contribution in [0.25, 0.3) is 10.4 Å². The Morgan fingerprint density at radius 1 is 1.14 bits per heavy atom. The number of halogens is 2. The van der Waals surface area contributed by atoms with Crippen LogP contribution in [-0.2, 0) is 6.61 Å². The maximum Gasteiger partial charge on any atom is 0.183 e. The largest absolute Gasteiger partial charge is 0.488 e. The van der Waals surface area contributed by atoms with Gasteiger partial charge in [0.1, 0.15) is 12.4 Å². The minimum atomic E-state index is 0.0218. The average Bonchev–Trinajstić information content (AvgIpc) is 2.97. The van der Waals surface area contributed by atoms with Gasteiger partial charge in [0.25, 0.3) is 0 Å². The van der Waals surface area contributed by atoms with E-state index in [0.717, 1.165) is 20.9 Å².